The highest BCUT2D eigenvalue weighted by Gasteiger charge is 2.43. The summed E-state index contributed by atoms with van der Waals surface area (Å²) in [5.74, 6) is -4.44. The number of fused-ring (bicyclic) bond motifs is 1. The molecule has 4 rings (SSSR count). The van der Waals surface area contributed by atoms with Gasteiger partial charge in [0.2, 0.25) is 0 Å². The number of halogens is 2. The maximum atomic E-state index is 13.8. The summed E-state index contributed by atoms with van der Waals surface area (Å²) in [6.07, 6.45) is 4.73. The fourth-order valence-corrected chi connectivity index (χ4v) is 5.61. The van der Waals surface area contributed by atoms with E-state index >= 15 is 0 Å². The number of para-hydroxylation sites is 1. The van der Waals surface area contributed by atoms with E-state index < -0.39 is 49.1 Å². The minimum absolute atomic E-state index is 0.0763. The van der Waals surface area contributed by atoms with Crippen molar-refractivity contribution < 1.29 is 37.6 Å². The normalized spacial score (nSPS) is 20.5. The van der Waals surface area contributed by atoms with Crippen molar-refractivity contribution in [1.82, 2.24) is 15.1 Å². The van der Waals surface area contributed by atoms with Gasteiger partial charge >= 0.3 is 13.2 Å². The number of rotatable bonds is 9. The quantitative estimate of drug-likeness (QED) is 0.231. The molecule has 0 radical (unpaired) electrons. The predicted molar refractivity (Wildman–Crippen MR) is 151 cm³/mol. The van der Waals surface area contributed by atoms with Crippen LogP contribution in [0.25, 0.3) is 11.0 Å². The number of furan rings is 1. The Labute approximate surface area is 244 Å². The zero-order chi connectivity index (χ0) is 30.5. The number of ether oxygens (including phenoxy) is 1. The van der Waals surface area contributed by atoms with Crippen LogP contribution in [0, 0.1) is 11.3 Å². The van der Waals surface area contributed by atoms with Crippen molar-refractivity contribution in [3.63, 3.8) is 0 Å². The summed E-state index contributed by atoms with van der Waals surface area (Å²) in [5, 5.41) is 32.9. The lowest BCUT2D eigenvalue weighted by molar-refractivity contribution is -0.129. The monoisotopic (exact) mass is 586 g/mol. The van der Waals surface area contributed by atoms with Crippen LogP contribution in [0.5, 0.6) is 0 Å². The molecule has 0 saturated carbocycles. The summed E-state index contributed by atoms with van der Waals surface area (Å²) >= 11 is 0. The smallest absolute Gasteiger partial charge is 0.464 e. The highest BCUT2D eigenvalue weighted by atomic mass is 19.3. The molecule has 2 aliphatic rings. The molecule has 0 aliphatic carbocycles. The molecule has 0 unspecified atom stereocenters. The zero-order valence-corrected chi connectivity index (χ0v) is 23.9. The third-order valence-corrected chi connectivity index (χ3v) is 8.04. The molecular formula is C29H37BF2N4O6. The van der Waals surface area contributed by atoms with Crippen LogP contribution in [-0.2, 0) is 16.0 Å². The van der Waals surface area contributed by atoms with Crippen LogP contribution in [0.15, 0.2) is 46.6 Å². The van der Waals surface area contributed by atoms with Crippen LogP contribution in [0.2, 0.25) is 0 Å². The van der Waals surface area contributed by atoms with E-state index in [1.54, 1.807) is 24.8 Å². The van der Waals surface area contributed by atoms with E-state index in [4.69, 9.17) is 9.15 Å². The van der Waals surface area contributed by atoms with Crippen molar-refractivity contribution in [3.8, 4) is 6.07 Å². The van der Waals surface area contributed by atoms with Crippen LogP contribution in [-0.4, -0.2) is 88.7 Å². The largest absolute Gasteiger partial charge is 0.475 e. The maximum absolute atomic E-state index is 13.8. The summed E-state index contributed by atoms with van der Waals surface area (Å²) in [6.45, 7) is 3.29. The number of carbonyl (C=O) groups excluding carboxylic acids is 2. The molecule has 2 saturated heterocycles. The number of carbonyl (C=O) groups is 2. The number of alkyl halides is 2. The van der Waals surface area contributed by atoms with Crippen LogP contribution >= 0.6 is 0 Å². The Morgan fingerprint density at radius 2 is 2.05 bits per heavy atom. The molecule has 1 aromatic carbocycles. The van der Waals surface area contributed by atoms with Crippen LogP contribution in [0.3, 0.4) is 0 Å². The minimum Gasteiger partial charge on any atom is -0.464 e. The summed E-state index contributed by atoms with van der Waals surface area (Å²) in [4.78, 5) is 29.3. The van der Waals surface area contributed by atoms with Crippen LogP contribution in [0.1, 0.15) is 51.5 Å². The molecule has 3 N–H and O–H groups in total. The first kappa shape index (κ1) is 31.5. The molecular weight excluding hydrogens is 549 g/mol. The molecule has 13 heteroatoms. The first-order chi connectivity index (χ1) is 19.9. The highest BCUT2D eigenvalue weighted by molar-refractivity contribution is 6.43. The molecule has 2 amide bonds. The second kappa shape index (κ2) is 13.2. The molecule has 2 aromatic rings. The first-order valence-corrected chi connectivity index (χ1v) is 14.2. The molecule has 2 atom stereocenters. The van der Waals surface area contributed by atoms with Gasteiger partial charge in [0.05, 0.1) is 24.8 Å². The Morgan fingerprint density at radius 1 is 1.29 bits per heavy atom. The van der Waals surface area contributed by atoms with Crippen molar-refractivity contribution in [2.24, 2.45) is 0 Å². The number of nitrogens with one attached hydrogen (secondary N) is 1. The second-order valence-corrected chi connectivity index (χ2v) is 11.6. The van der Waals surface area contributed by atoms with Gasteiger partial charge in [-0.3, -0.25) is 9.69 Å². The highest BCUT2D eigenvalue weighted by Crippen LogP contribution is 2.33. The Bertz CT molecular complexity index is 1340. The average molecular weight is 586 g/mol. The number of alkyl carbamates (subject to hydrolysis) is 1. The van der Waals surface area contributed by atoms with Crippen molar-refractivity contribution >= 4 is 30.1 Å². The minimum atomic E-state index is -2.81. The number of nitriles is 1. The third-order valence-electron chi connectivity index (χ3n) is 8.04. The fraction of sp³-hybridized carbons (Fsp3) is 0.552. The van der Waals surface area contributed by atoms with Gasteiger partial charge in [-0.15, -0.1) is 0 Å². The van der Waals surface area contributed by atoms with E-state index in [0.717, 1.165) is 18.2 Å². The Kier molecular flexibility index (Phi) is 9.91. The Balaban J connectivity index is 1.41. The van der Waals surface area contributed by atoms with Gasteiger partial charge in [-0.1, -0.05) is 31.0 Å². The Hall–Kier alpha value is -3.47. The van der Waals surface area contributed by atoms with Crippen LogP contribution in [0.4, 0.5) is 13.6 Å². The lowest BCUT2D eigenvalue weighted by Gasteiger charge is -2.34. The molecule has 0 spiro atoms. The number of hydrogen-bond acceptors (Lipinski definition) is 8. The van der Waals surface area contributed by atoms with Gasteiger partial charge in [-0.2, -0.15) is 5.26 Å². The van der Waals surface area contributed by atoms with E-state index in [1.165, 1.54) is 17.2 Å². The summed E-state index contributed by atoms with van der Waals surface area (Å²) < 4.78 is 38.6. The van der Waals surface area contributed by atoms with Crippen molar-refractivity contribution in [1.29, 1.82) is 5.26 Å². The standard InChI is InChI=1S/C29H37BF2N4O6/c1-28(2,35-13-11-29(31,32)19-35)15-21(16-33)26(37)36-12-7-3-4-8-22(36)18-42-27(38)34-25(30(39)40)14-20-17-41-24-10-6-5-9-23(20)24/h5-6,9-10,15,17,22,25,39-40H,3-4,7-8,11-14,18-19H2,1-2H3,(H,34,38)/t22-,25+/m1/s1. The third kappa shape index (κ3) is 7.67. The number of likely N-dealkylation sites (tertiary alicyclic amines) is 2. The number of benzene rings is 1. The predicted octanol–water partition coefficient (Wildman–Crippen LogP) is 3.42. The van der Waals surface area contributed by atoms with Gasteiger partial charge in [0, 0.05) is 30.4 Å². The fourth-order valence-electron chi connectivity index (χ4n) is 5.61. The van der Waals surface area contributed by atoms with E-state index in [0.29, 0.717) is 30.5 Å². The SMILES string of the molecule is CC(C)(C=C(C#N)C(=O)N1CCCCC[C@@H]1COC(=O)N[C@@H](Cc1coc2ccccc12)B(O)O)N1CCC(F)(F)C1. The molecule has 3 heterocycles. The summed E-state index contributed by atoms with van der Waals surface area (Å²) in [5.41, 5.74) is 0.217. The second-order valence-electron chi connectivity index (χ2n) is 11.6. The van der Waals surface area contributed by atoms with Crippen molar-refractivity contribution in [3.05, 3.63) is 47.7 Å². The molecule has 2 fully saturated rings. The first-order valence-electron chi connectivity index (χ1n) is 14.2. The molecule has 0 bridgehead atoms. The van der Waals surface area contributed by atoms with E-state index in [2.05, 4.69) is 5.32 Å². The van der Waals surface area contributed by atoms with Crippen LogP contribution < -0.4 is 5.32 Å². The molecule has 2 aliphatic heterocycles. The van der Waals surface area contributed by atoms with Gasteiger partial charge in [-0.05, 0) is 50.8 Å². The van der Waals surface area contributed by atoms with Crippen molar-refractivity contribution in [2.75, 3.05) is 26.2 Å². The number of hydrogen-bond donors (Lipinski definition) is 3. The van der Waals surface area contributed by atoms with E-state index in [1.807, 2.05) is 24.3 Å². The molecule has 42 heavy (non-hydrogen) atoms. The maximum Gasteiger partial charge on any atom is 0.475 e. The topological polar surface area (TPSA) is 139 Å². The molecule has 1 aromatic heterocycles. The van der Waals surface area contributed by atoms with Gasteiger partial charge in [0.1, 0.15) is 23.8 Å². The summed E-state index contributed by atoms with van der Waals surface area (Å²) in [7, 11) is -1.87. The average Bonchev–Trinajstić information content (AvgIpc) is 3.44. The molecule has 226 valence electrons. The van der Waals surface area contributed by atoms with Gasteiger partial charge in [-0.25, -0.2) is 13.6 Å². The van der Waals surface area contributed by atoms with Gasteiger partial charge in [0.15, 0.2) is 0 Å². The lowest BCUT2D eigenvalue weighted by atomic mass is 9.76. The van der Waals surface area contributed by atoms with Gasteiger partial charge in [0.25, 0.3) is 11.8 Å². The van der Waals surface area contributed by atoms with E-state index in [9.17, 15) is 33.7 Å². The van der Waals surface area contributed by atoms with E-state index in [-0.39, 0.29) is 31.6 Å². The molecule has 10 nitrogen and oxygen atoms in total. The van der Waals surface area contributed by atoms with Crippen molar-refractivity contribution in [2.45, 2.75) is 75.8 Å². The summed E-state index contributed by atoms with van der Waals surface area (Å²) in [6, 6.07) is 8.69. The number of nitrogens with zero attached hydrogens (tertiary/aromatic N) is 3. The lowest BCUT2D eigenvalue weighted by Crippen LogP contribution is -2.49. The Morgan fingerprint density at radius 3 is 2.74 bits per heavy atom. The zero-order valence-electron chi connectivity index (χ0n) is 23.9. The van der Waals surface area contributed by atoms with Gasteiger partial charge < -0.3 is 29.4 Å². The number of amides is 2.